The van der Waals surface area contributed by atoms with Gasteiger partial charge in [0.25, 0.3) is 11.8 Å². The zero-order chi connectivity index (χ0) is 22.9. The van der Waals surface area contributed by atoms with Gasteiger partial charge in [-0.1, -0.05) is 42.0 Å². The second kappa shape index (κ2) is 10.8. The molecule has 0 heterocycles. The van der Waals surface area contributed by atoms with Crippen LogP contribution < -0.4 is 14.8 Å². The number of imide groups is 1. The molecule has 0 aliphatic heterocycles. The van der Waals surface area contributed by atoms with Crippen molar-refractivity contribution in [1.82, 2.24) is 5.32 Å². The van der Waals surface area contributed by atoms with Crippen molar-refractivity contribution in [3.05, 3.63) is 95.1 Å². The maximum absolute atomic E-state index is 12.5. The summed E-state index contributed by atoms with van der Waals surface area (Å²) in [4.78, 5) is 36.7. The van der Waals surface area contributed by atoms with Gasteiger partial charge in [0.15, 0.2) is 6.61 Å². The van der Waals surface area contributed by atoms with Gasteiger partial charge in [0, 0.05) is 5.56 Å². The number of methoxy groups -OCH3 is 1. The second-order valence-corrected chi connectivity index (χ2v) is 6.96. The van der Waals surface area contributed by atoms with Gasteiger partial charge in [-0.3, -0.25) is 14.9 Å². The topological polar surface area (TPSA) is 90.9 Å². The van der Waals surface area contributed by atoms with Crippen LogP contribution in [0.3, 0.4) is 0 Å². The van der Waals surface area contributed by atoms with Gasteiger partial charge in [0.2, 0.25) is 0 Å². The zero-order valence-electron chi connectivity index (χ0n) is 17.8. The van der Waals surface area contributed by atoms with Crippen molar-refractivity contribution in [3.63, 3.8) is 0 Å². The summed E-state index contributed by atoms with van der Waals surface area (Å²) in [6.45, 7) is 1.66. The van der Waals surface area contributed by atoms with E-state index in [2.05, 4.69) is 5.32 Å². The first-order valence-electron chi connectivity index (χ1n) is 9.89. The van der Waals surface area contributed by atoms with Crippen LogP contribution >= 0.6 is 0 Å². The molecule has 0 saturated heterocycles. The lowest BCUT2D eigenvalue weighted by Crippen LogP contribution is -2.34. The van der Waals surface area contributed by atoms with Crippen LogP contribution in [0.2, 0.25) is 0 Å². The molecule has 0 radical (unpaired) electrons. The Morgan fingerprint density at radius 1 is 0.906 bits per heavy atom. The molecule has 1 N–H and O–H groups in total. The summed E-state index contributed by atoms with van der Waals surface area (Å²) in [5, 5.41) is 2.18. The molecule has 32 heavy (non-hydrogen) atoms. The molecule has 164 valence electrons. The smallest absolute Gasteiger partial charge is 0.342 e. The van der Waals surface area contributed by atoms with Crippen LogP contribution in [0.25, 0.3) is 0 Å². The van der Waals surface area contributed by atoms with Gasteiger partial charge >= 0.3 is 5.97 Å². The highest BCUT2D eigenvalue weighted by Crippen LogP contribution is 2.20. The van der Waals surface area contributed by atoms with E-state index in [9.17, 15) is 14.4 Å². The highest BCUT2D eigenvalue weighted by Gasteiger charge is 2.17. The van der Waals surface area contributed by atoms with Crippen LogP contribution in [0.5, 0.6) is 11.5 Å². The lowest BCUT2D eigenvalue weighted by atomic mass is 10.1. The summed E-state index contributed by atoms with van der Waals surface area (Å²) in [6.07, 6.45) is 0. The van der Waals surface area contributed by atoms with Crippen molar-refractivity contribution < 1.29 is 28.6 Å². The van der Waals surface area contributed by atoms with Gasteiger partial charge < -0.3 is 14.2 Å². The SMILES string of the molecule is COc1ccc(C(=O)NC(=O)COC(=O)c2ccccc2OCc2cccc(C)c2)cc1. The number of carbonyl (C=O) groups excluding carboxylic acids is 3. The molecule has 0 bridgehead atoms. The number of amides is 2. The fourth-order valence-electron chi connectivity index (χ4n) is 2.91. The highest BCUT2D eigenvalue weighted by atomic mass is 16.5. The number of para-hydroxylation sites is 1. The molecule has 0 aromatic heterocycles. The third kappa shape index (κ3) is 6.18. The molecule has 0 aliphatic carbocycles. The Morgan fingerprint density at radius 2 is 1.66 bits per heavy atom. The fourth-order valence-corrected chi connectivity index (χ4v) is 2.91. The summed E-state index contributed by atoms with van der Waals surface area (Å²) in [5.41, 5.74) is 2.54. The van der Waals surface area contributed by atoms with Crippen LogP contribution in [0.1, 0.15) is 31.8 Å². The van der Waals surface area contributed by atoms with E-state index < -0.39 is 24.4 Å². The molecule has 0 unspecified atom stereocenters. The van der Waals surface area contributed by atoms with Gasteiger partial charge in [0.1, 0.15) is 23.7 Å². The number of benzene rings is 3. The molecule has 0 aliphatic rings. The van der Waals surface area contributed by atoms with Crippen molar-refractivity contribution >= 4 is 17.8 Å². The van der Waals surface area contributed by atoms with Gasteiger partial charge in [-0.25, -0.2) is 4.79 Å². The van der Waals surface area contributed by atoms with Gasteiger partial charge in [-0.15, -0.1) is 0 Å². The number of hydrogen-bond acceptors (Lipinski definition) is 6. The Labute approximate surface area is 185 Å². The maximum Gasteiger partial charge on any atom is 0.342 e. The lowest BCUT2D eigenvalue weighted by Gasteiger charge is -2.11. The van der Waals surface area contributed by atoms with E-state index in [1.165, 1.54) is 19.2 Å². The standard InChI is InChI=1S/C25H23NO6/c1-17-6-5-7-18(14-17)15-31-22-9-4-3-8-21(22)25(29)32-16-23(27)26-24(28)19-10-12-20(30-2)13-11-19/h3-14H,15-16H2,1-2H3,(H,26,27,28). The number of carbonyl (C=O) groups is 3. The predicted octanol–water partition coefficient (Wildman–Crippen LogP) is 3.70. The van der Waals surface area contributed by atoms with E-state index in [0.717, 1.165) is 11.1 Å². The summed E-state index contributed by atoms with van der Waals surface area (Å²) in [6, 6.07) is 20.7. The number of ether oxygens (including phenoxy) is 3. The Hall–Kier alpha value is -4.13. The highest BCUT2D eigenvalue weighted by molar-refractivity contribution is 6.05. The van der Waals surface area contributed by atoms with Crippen LogP contribution in [0.15, 0.2) is 72.8 Å². The Morgan fingerprint density at radius 3 is 2.38 bits per heavy atom. The van der Waals surface area contributed by atoms with Gasteiger partial charge in [-0.2, -0.15) is 0 Å². The summed E-state index contributed by atoms with van der Waals surface area (Å²) in [7, 11) is 1.51. The molecule has 0 spiro atoms. The van der Waals surface area contributed by atoms with Crippen LogP contribution in [-0.4, -0.2) is 31.5 Å². The molecule has 3 rings (SSSR count). The van der Waals surface area contributed by atoms with Crippen molar-refractivity contribution in [2.75, 3.05) is 13.7 Å². The quantitative estimate of drug-likeness (QED) is 0.545. The molecule has 7 heteroatoms. The fraction of sp³-hybridized carbons (Fsp3) is 0.160. The Kier molecular flexibility index (Phi) is 7.59. The molecule has 0 atom stereocenters. The Balaban J connectivity index is 1.55. The molecule has 0 saturated carbocycles. The van der Waals surface area contributed by atoms with E-state index >= 15 is 0 Å². The van der Waals surface area contributed by atoms with E-state index in [0.29, 0.717) is 11.5 Å². The van der Waals surface area contributed by atoms with Crippen molar-refractivity contribution in [1.29, 1.82) is 0 Å². The Bertz CT molecular complexity index is 1110. The number of esters is 1. The number of rotatable bonds is 8. The molecule has 3 aromatic rings. The van der Waals surface area contributed by atoms with Crippen molar-refractivity contribution in [2.45, 2.75) is 13.5 Å². The minimum atomic E-state index is -0.739. The average Bonchev–Trinajstić information content (AvgIpc) is 2.81. The van der Waals surface area contributed by atoms with Crippen LogP contribution in [-0.2, 0) is 16.1 Å². The number of nitrogens with one attached hydrogen (secondary N) is 1. The molecule has 2 amide bonds. The molecule has 0 fully saturated rings. The largest absolute Gasteiger partial charge is 0.497 e. The van der Waals surface area contributed by atoms with Crippen molar-refractivity contribution in [3.8, 4) is 11.5 Å². The lowest BCUT2D eigenvalue weighted by molar-refractivity contribution is -0.123. The first-order valence-corrected chi connectivity index (χ1v) is 9.89. The first kappa shape index (κ1) is 22.6. The summed E-state index contributed by atoms with van der Waals surface area (Å²) in [5.74, 6) is -1.14. The van der Waals surface area contributed by atoms with Crippen molar-refractivity contribution in [2.24, 2.45) is 0 Å². The number of hydrogen-bond donors (Lipinski definition) is 1. The minimum Gasteiger partial charge on any atom is -0.497 e. The molecular formula is C25H23NO6. The molecule has 7 nitrogen and oxygen atoms in total. The van der Waals surface area contributed by atoms with E-state index in [1.54, 1.807) is 36.4 Å². The maximum atomic E-state index is 12.5. The molecular weight excluding hydrogens is 410 g/mol. The average molecular weight is 433 g/mol. The van der Waals surface area contributed by atoms with Crippen LogP contribution in [0.4, 0.5) is 0 Å². The minimum absolute atomic E-state index is 0.189. The third-order valence-electron chi connectivity index (χ3n) is 4.52. The molecule has 3 aromatic carbocycles. The zero-order valence-corrected chi connectivity index (χ0v) is 17.8. The normalized spacial score (nSPS) is 10.2. The van der Waals surface area contributed by atoms with E-state index in [4.69, 9.17) is 14.2 Å². The van der Waals surface area contributed by atoms with E-state index in [-0.39, 0.29) is 17.7 Å². The van der Waals surface area contributed by atoms with Gasteiger partial charge in [0.05, 0.1) is 7.11 Å². The van der Waals surface area contributed by atoms with E-state index in [1.807, 2.05) is 31.2 Å². The van der Waals surface area contributed by atoms with Gasteiger partial charge in [-0.05, 0) is 48.9 Å². The predicted molar refractivity (Wildman–Crippen MR) is 118 cm³/mol. The monoisotopic (exact) mass is 433 g/mol. The second-order valence-electron chi connectivity index (χ2n) is 6.96. The number of aryl methyl sites for hydroxylation is 1. The van der Waals surface area contributed by atoms with Crippen LogP contribution in [0, 0.1) is 6.92 Å². The summed E-state index contributed by atoms with van der Waals surface area (Å²) < 4.78 is 15.9. The third-order valence-corrected chi connectivity index (χ3v) is 4.52. The first-order chi connectivity index (χ1) is 15.5. The summed E-state index contributed by atoms with van der Waals surface area (Å²) >= 11 is 0.